The van der Waals surface area contributed by atoms with Crippen LogP contribution in [0.2, 0.25) is 0 Å². The number of carbonyl (C=O) groups is 1. The van der Waals surface area contributed by atoms with Crippen LogP contribution in [0.15, 0.2) is 12.4 Å². The van der Waals surface area contributed by atoms with Gasteiger partial charge in [-0.2, -0.15) is 0 Å². The van der Waals surface area contributed by atoms with Crippen molar-refractivity contribution in [2.45, 2.75) is 12.8 Å². The van der Waals surface area contributed by atoms with E-state index < -0.39 is 0 Å². The van der Waals surface area contributed by atoms with E-state index in [-0.39, 0.29) is 5.91 Å². The Morgan fingerprint density at radius 2 is 2.06 bits per heavy atom. The number of methoxy groups -OCH3 is 2. The van der Waals surface area contributed by atoms with Gasteiger partial charge in [-0.1, -0.05) is 0 Å². The number of ether oxygens (including phenoxy) is 2. The van der Waals surface area contributed by atoms with E-state index in [4.69, 9.17) is 9.47 Å². The third-order valence-electron chi connectivity index (χ3n) is 2.13. The molecule has 0 bridgehead atoms. The van der Waals surface area contributed by atoms with Gasteiger partial charge in [0.25, 0.3) is 0 Å². The molecule has 0 radical (unpaired) electrons. The summed E-state index contributed by atoms with van der Waals surface area (Å²) in [6.45, 7) is 1.06. The predicted molar refractivity (Wildman–Crippen MR) is 61.8 cm³/mol. The summed E-state index contributed by atoms with van der Waals surface area (Å²) in [5.74, 6) is -0.00197. The fraction of sp³-hybridized carbons (Fsp3) is 0.545. The standard InChI is InChI=1S/C11H17N3O3/c1-16-6-5-12-10(15)4-3-9-7-13-11(17-2)14-8-9/h7-8H,3-6H2,1-2H3,(H,12,15). The van der Waals surface area contributed by atoms with Crippen molar-refractivity contribution in [1.82, 2.24) is 15.3 Å². The minimum atomic E-state index is -0.00197. The molecule has 6 nitrogen and oxygen atoms in total. The second-order valence-electron chi connectivity index (χ2n) is 3.42. The highest BCUT2D eigenvalue weighted by atomic mass is 16.5. The maximum atomic E-state index is 11.4. The molecule has 1 aromatic heterocycles. The number of aromatic nitrogens is 2. The lowest BCUT2D eigenvalue weighted by molar-refractivity contribution is -0.121. The third kappa shape index (κ3) is 5.26. The van der Waals surface area contributed by atoms with Crippen molar-refractivity contribution < 1.29 is 14.3 Å². The zero-order valence-corrected chi connectivity index (χ0v) is 10.1. The monoisotopic (exact) mass is 239 g/mol. The molecule has 1 N–H and O–H groups in total. The van der Waals surface area contributed by atoms with E-state index in [1.165, 1.54) is 7.11 Å². The van der Waals surface area contributed by atoms with Crippen LogP contribution in [0, 0.1) is 0 Å². The molecule has 17 heavy (non-hydrogen) atoms. The first-order valence-corrected chi connectivity index (χ1v) is 5.37. The number of nitrogens with one attached hydrogen (secondary N) is 1. The highest BCUT2D eigenvalue weighted by molar-refractivity contribution is 5.76. The van der Waals surface area contributed by atoms with E-state index in [0.717, 1.165) is 5.56 Å². The first-order valence-electron chi connectivity index (χ1n) is 5.37. The fourth-order valence-electron chi connectivity index (χ4n) is 1.22. The van der Waals surface area contributed by atoms with E-state index >= 15 is 0 Å². The number of aryl methyl sites for hydroxylation is 1. The van der Waals surface area contributed by atoms with E-state index in [1.54, 1.807) is 19.5 Å². The predicted octanol–water partition coefficient (Wildman–Crippen LogP) is 0.180. The summed E-state index contributed by atoms with van der Waals surface area (Å²) in [6.07, 6.45) is 4.35. The van der Waals surface area contributed by atoms with Gasteiger partial charge in [0.1, 0.15) is 0 Å². The molecule has 0 saturated carbocycles. The van der Waals surface area contributed by atoms with Gasteiger partial charge in [0.05, 0.1) is 13.7 Å². The average molecular weight is 239 g/mol. The van der Waals surface area contributed by atoms with Crippen molar-refractivity contribution >= 4 is 5.91 Å². The van der Waals surface area contributed by atoms with Crippen LogP contribution in [0.1, 0.15) is 12.0 Å². The smallest absolute Gasteiger partial charge is 0.316 e. The second kappa shape index (κ2) is 7.56. The normalized spacial score (nSPS) is 10.0. The molecule has 0 atom stereocenters. The van der Waals surface area contributed by atoms with Gasteiger partial charge in [-0.25, -0.2) is 9.97 Å². The molecule has 0 unspecified atom stereocenters. The molecule has 0 spiro atoms. The lowest BCUT2D eigenvalue weighted by Gasteiger charge is -2.04. The van der Waals surface area contributed by atoms with Crippen LogP contribution in [-0.4, -0.2) is 43.2 Å². The summed E-state index contributed by atoms with van der Waals surface area (Å²) >= 11 is 0. The van der Waals surface area contributed by atoms with Crippen LogP contribution in [0.3, 0.4) is 0 Å². The van der Waals surface area contributed by atoms with Gasteiger partial charge < -0.3 is 14.8 Å². The summed E-state index contributed by atoms with van der Waals surface area (Å²) < 4.78 is 9.68. The zero-order valence-electron chi connectivity index (χ0n) is 10.1. The number of hydrogen-bond acceptors (Lipinski definition) is 5. The maximum absolute atomic E-state index is 11.4. The molecule has 1 heterocycles. The topological polar surface area (TPSA) is 73.3 Å². The molecule has 1 amide bonds. The molecule has 0 aliphatic heterocycles. The number of carbonyl (C=O) groups excluding carboxylic acids is 1. The minimum Gasteiger partial charge on any atom is -0.467 e. The number of hydrogen-bond donors (Lipinski definition) is 1. The molecule has 6 heteroatoms. The number of rotatable bonds is 7. The zero-order chi connectivity index (χ0) is 12.5. The fourth-order valence-corrected chi connectivity index (χ4v) is 1.22. The quantitative estimate of drug-likeness (QED) is 0.687. The van der Waals surface area contributed by atoms with Crippen LogP contribution in [0.5, 0.6) is 6.01 Å². The molecular weight excluding hydrogens is 222 g/mol. The SMILES string of the molecule is COCCNC(=O)CCc1cnc(OC)nc1. The van der Waals surface area contributed by atoms with E-state index in [9.17, 15) is 4.79 Å². The Hall–Kier alpha value is -1.69. The summed E-state index contributed by atoms with van der Waals surface area (Å²) in [6, 6.07) is 0.332. The van der Waals surface area contributed by atoms with Gasteiger partial charge in [-0.3, -0.25) is 4.79 Å². The summed E-state index contributed by atoms with van der Waals surface area (Å²) in [4.78, 5) is 19.3. The van der Waals surface area contributed by atoms with Gasteiger partial charge in [-0.15, -0.1) is 0 Å². The van der Waals surface area contributed by atoms with Gasteiger partial charge in [0, 0.05) is 32.5 Å². The Labute approximate surface area is 100 Å². The van der Waals surface area contributed by atoms with Crippen LogP contribution < -0.4 is 10.1 Å². The Morgan fingerprint density at radius 3 is 2.65 bits per heavy atom. The van der Waals surface area contributed by atoms with E-state index in [0.29, 0.717) is 32.0 Å². The second-order valence-corrected chi connectivity index (χ2v) is 3.42. The van der Waals surface area contributed by atoms with E-state index in [2.05, 4.69) is 15.3 Å². The maximum Gasteiger partial charge on any atom is 0.316 e. The van der Waals surface area contributed by atoms with Crippen LogP contribution in [0.4, 0.5) is 0 Å². The lowest BCUT2D eigenvalue weighted by Crippen LogP contribution is -2.27. The van der Waals surface area contributed by atoms with Crippen molar-refractivity contribution in [3.63, 3.8) is 0 Å². The van der Waals surface area contributed by atoms with Crippen molar-refractivity contribution in [2.24, 2.45) is 0 Å². The first kappa shape index (κ1) is 13.4. The molecule has 94 valence electrons. The third-order valence-corrected chi connectivity index (χ3v) is 2.13. The summed E-state index contributed by atoms with van der Waals surface area (Å²) in [5, 5.41) is 2.75. The largest absolute Gasteiger partial charge is 0.467 e. The average Bonchev–Trinajstić information content (AvgIpc) is 2.37. The molecule has 1 rings (SSSR count). The van der Waals surface area contributed by atoms with Gasteiger partial charge in [-0.05, 0) is 12.0 Å². The highest BCUT2D eigenvalue weighted by Gasteiger charge is 2.02. The Balaban J connectivity index is 2.27. The van der Waals surface area contributed by atoms with Crippen LogP contribution in [-0.2, 0) is 16.0 Å². The van der Waals surface area contributed by atoms with Crippen LogP contribution >= 0.6 is 0 Å². The van der Waals surface area contributed by atoms with Gasteiger partial charge >= 0.3 is 6.01 Å². The Morgan fingerprint density at radius 1 is 1.35 bits per heavy atom. The van der Waals surface area contributed by atoms with E-state index in [1.807, 2.05) is 0 Å². The van der Waals surface area contributed by atoms with Gasteiger partial charge in [0.15, 0.2) is 0 Å². The molecule has 0 fully saturated rings. The summed E-state index contributed by atoms with van der Waals surface area (Å²) in [5.41, 5.74) is 0.910. The molecule has 0 aliphatic carbocycles. The highest BCUT2D eigenvalue weighted by Crippen LogP contribution is 2.04. The van der Waals surface area contributed by atoms with Crippen molar-refractivity contribution in [3.05, 3.63) is 18.0 Å². The minimum absolute atomic E-state index is 0.00197. The van der Waals surface area contributed by atoms with Crippen molar-refractivity contribution in [2.75, 3.05) is 27.4 Å². The summed E-state index contributed by atoms with van der Waals surface area (Å²) in [7, 11) is 3.11. The van der Waals surface area contributed by atoms with Crippen molar-refractivity contribution in [1.29, 1.82) is 0 Å². The molecule has 0 saturated heterocycles. The van der Waals surface area contributed by atoms with Crippen molar-refractivity contribution in [3.8, 4) is 6.01 Å². The lowest BCUT2D eigenvalue weighted by atomic mass is 10.2. The molecular formula is C11H17N3O3. The van der Waals surface area contributed by atoms with Gasteiger partial charge in [0.2, 0.25) is 5.91 Å². The molecule has 0 aromatic carbocycles. The number of amides is 1. The Bertz CT molecular complexity index is 340. The number of nitrogens with zero attached hydrogens (tertiary/aromatic N) is 2. The van der Waals surface area contributed by atoms with Crippen LogP contribution in [0.25, 0.3) is 0 Å². The first-order chi connectivity index (χ1) is 8.26. The molecule has 0 aliphatic rings. The Kier molecular flexibility index (Phi) is 5.95. The molecule has 1 aromatic rings.